The van der Waals surface area contributed by atoms with Gasteiger partial charge in [-0.15, -0.1) is 0 Å². The Bertz CT molecular complexity index is 513. The molecule has 0 bridgehead atoms. The van der Waals surface area contributed by atoms with E-state index in [2.05, 4.69) is 24.5 Å². The average molecular weight is 400 g/mol. The van der Waals surface area contributed by atoms with E-state index in [0.29, 0.717) is 26.1 Å². The molecule has 0 aliphatic carbocycles. The van der Waals surface area contributed by atoms with Gasteiger partial charge in [0.15, 0.2) is 5.11 Å². The Kier molecular flexibility index (Phi) is 11.6. The van der Waals surface area contributed by atoms with Crippen LogP contribution in [0.3, 0.4) is 0 Å². The first-order chi connectivity index (χ1) is 13.0. The molecule has 1 fully saturated rings. The summed E-state index contributed by atoms with van der Waals surface area (Å²) in [5.41, 5.74) is 0. The van der Waals surface area contributed by atoms with Gasteiger partial charge in [0, 0.05) is 19.5 Å². The van der Waals surface area contributed by atoms with Gasteiger partial charge >= 0.3 is 5.97 Å². The molecule has 2 N–H and O–H groups in total. The Morgan fingerprint density at radius 3 is 2.59 bits per heavy atom. The number of thiocarbonyl (C=S) groups is 1. The summed E-state index contributed by atoms with van der Waals surface area (Å²) in [5.74, 6) is -0.846. The van der Waals surface area contributed by atoms with Crippen molar-refractivity contribution in [1.82, 2.24) is 15.5 Å². The van der Waals surface area contributed by atoms with Gasteiger partial charge in [0.05, 0.1) is 13.0 Å². The SMILES string of the molecule is CCCCCCC(=O)NC(=S)N1CCNC(=O)C1CC(=O)OCCCCC. The molecule has 0 spiro atoms. The van der Waals surface area contributed by atoms with Gasteiger partial charge in [-0.3, -0.25) is 14.4 Å². The number of unbranched alkanes of at least 4 members (excludes halogenated alkanes) is 5. The number of amides is 2. The second-order valence-electron chi connectivity index (χ2n) is 6.80. The van der Waals surface area contributed by atoms with Crippen molar-refractivity contribution >= 4 is 35.1 Å². The molecule has 1 unspecified atom stereocenters. The Morgan fingerprint density at radius 1 is 1.19 bits per heavy atom. The van der Waals surface area contributed by atoms with Crippen molar-refractivity contribution in [3.63, 3.8) is 0 Å². The number of nitrogens with one attached hydrogen (secondary N) is 2. The number of rotatable bonds is 11. The number of nitrogens with zero attached hydrogens (tertiary/aromatic N) is 1. The minimum absolute atomic E-state index is 0.0789. The summed E-state index contributed by atoms with van der Waals surface area (Å²) in [4.78, 5) is 37.9. The molecular formula is C19H33N3O4S. The zero-order chi connectivity index (χ0) is 20.1. The van der Waals surface area contributed by atoms with Crippen LogP contribution in [0.25, 0.3) is 0 Å². The van der Waals surface area contributed by atoms with Gasteiger partial charge in [0.1, 0.15) is 6.04 Å². The largest absolute Gasteiger partial charge is 0.466 e. The van der Waals surface area contributed by atoms with Gasteiger partial charge in [0.25, 0.3) is 0 Å². The topological polar surface area (TPSA) is 87.7 Å². The standard InChI is InChI=1S/C19H33N3O4S/c1-3-5-7-8-10-16(23)21-19(27)22-12-11-20-18(25)15(22)14-17(24)26-13-9-6-4-2/h15H,3-14H2,1-2H3,(H,20,25)(H,21,23,27). The number of piperazine rings is 1. The first-order valence-electron chi connectivity index (χ1n) is 10.0. The molecule has 0 aromatic carbocycles. The van der Waals surface area contributed by atoms with Crippen molar-refractivity contribution in [3.05, 3.63) is 0 Å². The van der Waals surface area contributed by atoms with E-state index in [1.54, 1.807) is 4.90 Å². The molecule has 1 aliphatic heterocycles. The van der Waals surface area contributed by atoms with E-state index in [0.717, 1.165) is 44.9 Å². The van der Waals surface area contributed by atoms with Crippen molar-refractivity contribution < 1.29 is 19.1 Å². The van der Waals surface area contributed by atoms with E-state index < -0.39 is 12.0 Å². The molecule has 8 heteroatoms. The van der Waals surface area contributed by atoms with Crippen molar-refractivity contribution in [1.29, 1.82) is 0 Å². The van der Waals surface area contributed by atoms with Crippen molar-refractivity contribution in [2.24, 2.45) is 0 Å². The van der Waals surface area contributed by atoms with Crippen LogP contribution in [0.1, 0.15) is 71.6 Å². The lowest BCUT2D eigenvalue weighted by Gasteiger charge is -2.36. The Hall–Kier alpha value is -1.70. The normalized spacial score (nSPS) is 16.6. The van der Waals surface area contributed by atoms with Crippen LogP contribution < -0.4 is 10.6 Å². The van der Waals surface area contributed by atoms with E-state index in [9.17, 15) is 14.4 Å². The number of carbonyl (C=O) groups excluding carboxylic acids is 3. The zero-order valence-electron chi connectivity index (χ0n) is 16.6. The van der Waals surface area contributed by atoms with Gasteiger partial charge in [-0.05, 0) is 25.1 Å². The molecule has 1 rings (SSSR count). The van der Waals surface area contributed by atoms with E-state index in [4.69, 9.17) is 17.0 Å². The van der Waals surface area contributed by atoms with E-state index in [1.165, 1.54) is 0 Å². The lowest BCUT2D eigenvalue weighted by atomic mass is 10.1. The van der Waals surface area contributed by atoms with E-state index in [-0.39, 0.29) is 23.3 Å². The van der Waals surface area contributed by atoms with Crippen molar-refractivity contribution in [2.45, 2.75) is 77.7 Å². The third-order valence-electron chi connectivity index (χ3n) is 4.47. The van der Waals surface area contributed by atoms with E-state index in [1.807, 2.05) is 0 Å². The third kappa shape index (κ3) is 9.17. The zero-order valence-corrected chi connectivity index (χ0v) is 17.4. The molecule has 0 aromatic heterocycles. The highest BCUT2D eigenvalue weighted by molar-refractivity contribution is 7.80. The smallest absolute Gasteiger partial charge is 0.308 e. The molecule has 0 saturated carbocycles. The summed E-state index contributed by atoms with van der Waals surface area (Å²) in [7, 11) is 0. The highest BCUT2D eigenvalue weighted by Gasteiger charge is 2.34. The minimum atomic E-state index is -0.745. The lowest BCUT2D eigenvalue weighted by molar-refractivity contribution is -0.147. The number of hydrogen-bond donors (Lipinski definition) is 2. The van der Waals surface area contributed by atoms with Crippen LogP contribution in [0.5, 0.6) is 0 Å². The van der Waals surface area contributed by atoms with Crippen LogP contribution in [0, 0.1) is 0 Å². The molecule has 27 heavy (non-hydrogen) atoms. The Labute approximate surface area is 167 Å². The monoisotopic (exact) mass is 399 g/mol. The highest BCUT2D eigenvalue weighted by Crippen LogP contribution is 2.11. The molecule has 7 nitrogen and oxygen atoms in total. The summed E-state index contributed by atoms with van der Waals surface area (Å²) in [5, 5.41) is 5.64. The summed E-state index contributed by atoms with van der Waals surface area (Å²) >= 11 is 5.32. The van der Waals surface area contributed by atoms with Crippen LogP contribution in [0.15, 0.2) is 0 Å². The molecule has 2 amide bonds. The molecule has 1 atom stereocenters. The average Bonchev–Trinajstić information content (AvgIpc) is 2.64. The molecule has 1 heterocycles. The van der Waals surface area contributed by atoms with Gasteiger partial charge in [-0.2, -0.15) is 0 Å². The maximum atomic E-state index is 12.2. The minimum Gasteiger partial charge on any atom is -0.466 e. The summed E-state index contributed by atoms with van der Waals surface area (Å²) in [6.45, 7) is 5.43. The highest BCUT2D eigenvalue weighted by atomic mass is 32.1. The van der Waals surface area contributed by atoms with Crippen LogP contribution in [0.2, 0.25) is 0 Å². The molecule has 154 valence electrons. The molecule has 0 radical (unpaired) electrons. The van der Waals surface area contributed by atoms with Crippen LogP contribution in [-0.2, 0) is 19.1 Å². The summed E-state index contributed by atoms with van der Waals surface area (Å²) < 4.78 is 5.20. The van der Waals surface area contributed by atoms with E-state index >= 15 is 0 Å². The number of ether oxygens (including phenoxy) is 1. The van der Waals surface area contributed by atoms with Gasteiger partial charge in [-0.25, -0.2) is 0 Å². The second-order valence-corrected chi connectivity index (χ2v) is 7.18. The Balaban J connectivity index is 2.51. The number of carbonyl (C=O) groups is 3. The third-order valence-corrected chi connectivity index (χ3v) is 4.80. The molecule has 0 aromatic rings. The van der Waals surface area contributed by atoms with Crippen molar-refractivity contribution in [3.8, 4) is 0 Å². The first-order valence-corrected chi connectivity index (χ1v) is 10.4. The Morgan fingerprint density at radius 2 is 1.89 bits per heavy atom. The van der Waals surface area contributed by atoms with Gasteiger partial charge in [-0.1, -0.05) is 46.0 Å². The predicted octanol–water partition coefficient (Wildman–Crippen LogP) is 2.28. The first kappa shape index (κ1) is 23.3. The van der Waals surface area contributed by atoms with Crippen LogP contribution >= 0.6 is 12.2 Å². The van der Waals surface area contributed by atoms with Gasteiger partial charge in [0.2, 0.25) is 11.8 Å². The number of esters is 1. The fourth-order valence-corrected chi connectivity index (χ4v) is 3.21. The van der Waals surface area contributed by atoms with Gasteiger partial charge < -0.3 is 20.3 Å². The van der Waals surface area contributed by atoms with Crippen molar-refractivity contribution in [2.75, 3.05) is 19.7 Å². The quantitative estimate of drug-likeness (QED) is 0.315. The predicted molar refractivity (Wildman–Crippen MR) is 108 cm³/mol. The second kappa shape index (κ2) is 13.5. The molecule has 1 saturated heterocycles. The summed E-state index contributed by atoms with van der Waals surface area (Å²) in [6, 6.07) is -0.745. The molecular weight excluding hydrogens is 366 g/mol. The lowest BCUT2D eigenvalue weighted by Crippen LogP contribution is -2.60. The molecule has 1 aliphatic rings. The maximum absolute atomic E-state index is 12.2. The summed E-state index contributed by atoms with van der Waals surface area (Å²) in [6.07, 6.45) is 7.22. The fraction of sp³-hybridized carbons (Fsp3) is 0.789. The van der Waals surface area contributed by atoms with Crippen LogP contribution in [-0.4, -0.2) is 53.5 Å². The van der Waals surface area contributed by atoms with Crippen LogP contribution in [0.4, 0.5) is 0 Å². The number of hydrogen-bond acceptors (Lipinski definition) is 5. The fourth-order valence-electron chi connectivity index (χ4n) is 2.88. The maximum Gasteiger partial charge on any atom is 0.308 e.